The molecule has 2 nitrogen and oxygen atoms in total. The molecule has 0 radical (unpaired) electrons. The maximum atomic E-state index is 11.1. The van der Waals surface area contributed by atoms with Crippen LogP contribution in [0.15, 0.2) is 0 Å². The molecule has 0 bridgehead atoms. The third-order valence-corrected chi connectivity index (χ3v) is 3.14. The van der Waals surface area contributed by atoms with E-state index in [4.69, 9.17) is 11.6 Å². The Balaban J connectivity index is 2.40. The first kappa shape index (κ1) is 10.8. The predicted octanol–water partition coefficient (Wildman–Crippen LogP) is 2.31. The van der Waals surface area contributed by atoms with Crippen molar-refractivity contribution >= 4 is 17.5 Å². The Morgan fingerprint density at radius 3 is 2.77 bits per heavy atom. The van der Waals surface area contributed by atoms with Crippen molar-refractivity contribution in [2.75, 3.05) is 5.88 Å². The van der Waals surface area contributed by atoms with E-state index in [0.717, 1.165) is 12.8 Å². The van der Waals surface area contributed by atoms with Crippen LogP contribution in [0.2, 0.25) is 0 Å². The van der Waals surface area contributed by atoms with Crippen molar-refractivity contribution in [3.8, 4) is 0 Å². The first-order valence-corrected chi connectivity index (χ1v) is 5.66. The monoisotopic (exact) mass is 203 g/mol. The summed E-state index contributed by atoms with van der Waals surface area (Å²) in [4.78, 5) is 11.1. The van der Waals surface area contributed by atoms with Crippen molar-refractivity contribution in [2.24, 2.45) is 5.92 Å². The molecule has 1 aliphatic carbocycles. The van der Waals surface area contributed by atoms with Crippen LogP contribution in [0.4, 0.5) is 0 Å². The Kier molecular flexibility index (Phi) is 4.57. The molecule has 0 aromatic rings. The molecule has 1 fully saturated rings. The maximum Gasteiger partial charge on any atom is 0.235 e. The minimum absolute atomic E-state index is 0.0213. The summed E-state index contributed by atoms with van der Waals surface area (Å²) >= 11 is 5.45. The van der Waals surface area contributed by atoms with E-state index < -0.39 is 0 Å². The summed E-state index contributed by atoms with van der Waals surface area (Å²) in [5.41, 5.74) is 0. The second kappa shape index (κ2) is 5.48. The Hall–Kier alpha value is -0.240. The minimum atomic E-state index is -0.0213. The molecule has 1 N–H and O–H groups in total. The minimum Gasteiger partial charge on any atom is -0.352 e. The van der Waals surface area contributed by atoms with Gasteiger partial charge >= 0.3 is 0 Å². The topological polar surface area (TPSA) is 29.1 Å². The molecule has 0 spiro atoms. The van der Waals surface area contributed by atoms with Crippen molar-refractivity contribution in [3.05, 3.63) is 0 Å². The fraction of sp³-hybridized carbons (Fsp3) is 0.900. The van der Waals surface area contributed by atoms with Gasteiger partial charge in [0, 0.05) is 6.04 Å². The average molecular weight is 204 g/mol. The summed E-state index contributed by atoms with van der Waals surface area (Å²) in [5.74, 6) is 0.736. The quantitative estimate of drug-likeness (QED) is 0.701. The standard InChI is InChI=1S/C10H18ClNO/c1-2-8-5-3-4-6-9(8)12-10(13)7-11/h8-9H,2-7H2,1H3,(H,12,13). The van der Waals surface area contributed by atoms with Gasteiger partial charge in [-0.05, 0) is 18.8 Å². The number of nitrogens with one attached hydrogen (secondary N) is 1. The lowest BCUT2D eigenvalue weighted by Crippen LogP contribution is -2.42. The van der Waals surface area contributed by atoms with Crippen LogP contribution >= 0.6 is 11.6 Å². The largest absolute Gasteiger partial charge is 0.352 e. The molecule has 0 aromatic heterocycles. The SMILES string of the molecule is CCC1CCCCC1NC(=O)CCl. The zero-order valence-corrected chi connectivity index (χ0v) is 8.94. The summed E-state index contributed by atoms with van der Waals surface area (Å²) in [7, 11) is 0. The number of alkyl halides is 1. The number of hydrogen-bond acceptors (Lipinski definition) is 1. The second-order valence-corrected chi connectivity index (χ2v) is 4.03. The fourth-order valence-electron chi connectivity index (χ4n) is 2.13. The molecule has 76 valence electrons. The number of halogens is 1. The summed E-state index contributed by atoms with van der Waals surface area (Å²) in [6, 6.07) is 0.380. The van der Waals surface area contributed by atoms with Gasteiger partial charge in [-0.25, -0.2) is 0 Å². The molecular weight excluding hydrogens is 186 g/mol. The molecular formula is C10H18ClNO. The molecule has 1 rings (SSSR count). The normalized spacial score (nSPS) is 28.5. The van der Waals surface area contributed by atoms with Crippen LogP contribution in [0.25, 0.3) is 0 Å². The van der Waals surface area contributed by atoms with Crippen molar-refractivity contribution in [2.45, 2.75) is 45.1 Å². The van der Waals surface area contributed by atoms with Crippen molar-refractivity contribution in [3.63, 3.8) is 0 Å². The van der Waals surface area contributed by atoms with E-state index in [1.807, 2.05) is 0 Å². The molecule has 0 aliphatic heterocycles. The summed E-state index contributed by atoms with van der Waals surface area (Å²) in [5, 5.41) is 3.00. The van der Waals surface area contributed by atoms with Crippen LogP contribution in [-0.2, 0) is 4.79 Å². The number of carbonyl (C=O) groups excluding carboxylic acids is 1. The van der Waals surface area contributed by atoms with Gasteiger partial charge in [-0.3, -0.25) is 4.79 Å². The van der Waals surface area contributed by atoms with Gasteiger partial charge in [0.25, 0.3) is 0 Å². The molecule has 1 amide bonds. The number of hydrogen-bond donors (Lipinski definition) is 1. The number of carbonyl (C=O) groups is 1. The second-order valence-electron chi connectivity index (χ2n) is 3.76. The average Bonchev–Trinajstić information content (AvgIpc) is 2.18. The highest BCUT2D eigenvalue weighted by molar-refractivity contribution is 6.27. The van der Waals surface area contributed by atoms with Crippen LogP contribution in [0.3, 0.4) is 0 Å². The molecule has 0 heterocycles. The zero-order valence-electron chi connectivity index (χ0n) is 8.18. The zero-order chi connectivity index (χ0) is 9.68. The third-order valence-electron chi connectivity index (χ3n) is 2.90. The third kappa shape index (κ3) is 3.18. The molecule has 0 aromatic carbocycles. The lowest BCUT2D eigenvalue weighted by molar-refractivity contribution is -0.120. The lowest BCUT2D eigenvalue weighted by Gasteiger charge is -2.31. The Labute approximate surface area is 85.0 Å². The summed E-state index contributed by atoms with van der Waals surface area (Å²) < 4.78 is 0. The van der Waals surface area contributed by atoms with Gasteiger partial charge in [-0.15, -0.1) is 11.6 Å². The highest BCUT2D eigenvalue weighted by Crippen LogP contribution is 2.26. The van der Waals surface area contributed by atoms with Gasteiger partial charge in [-0.1, -0.05) is 26.2 Å². The van der Waals surface area contributed by atoms with E-state index in [1.54, 1.807) is 0 Å². The predicted molar refractivity (Wildman–Crippen MR) is 54.9 cm³/mol. The van der Waals surface area contributed by atoms with Gasteiger partial charge in [0.15, 0.2) is 0 Å². The highest BCUT2D eigenvalue weighted by atomic mass is 35.5. The maximum absolute atomic E-state index is 11.1. The Bertz CT molecular complexity index is 172. The van der Waals surface area contributed by atoms with Crippen LogP contribution in [-0.4, -0.2) is 17.8 Å². The van der Waals surface area contributed by atoms with E-state index in [1.165, 1.54) is 19.3 Å². The number of rotatable bonds is 3. The highest BCUT2D eigenvalue weighted by Gasteiger charge is 2.24. The summed E-state index contributed by atoms with van der Waals surface area (Å²) in [6.45, 7) is 2.19. The van der Waals surface area contributed by atoms with Gasteiger partial charge in [0.05, 0.1) is 0 Å². The van der Waals surface area contributed by atoms with E-state index in [9.17, 15) is 4.79 Å². The van der Waals surface area contributed by atoms with Crippen LogP contribution in [0.5, 0.6) is 0 Å². The van der Waals surface area contributed by atoms with Crippen LogP contribution < -0.4 is 5.32 Å². The van der Waals surface area contributed by atoms with Gasteiger partial charge < -0.3 is 5.32 Å². The molecule has 2 atom stereocenters. The first-order chi connectivity index (χ1) is 6.27. The molecule has 3 heteroatoms. The van der Waals surface area contributed by atoms with Crippen molar-refractivity contribution in [1.29, 1.82) is 0 Å². The molecule has 1 aliphatic rings. The van der Waals surface area contributed by atoms with Crippen molar-refractivity contribution in [1.82, 2.24) is 5.32 Å². The molecule has 1 saturated carbocycles. The molecule has 2 unspecified atom stereocenters. The van der Waals surface area contributed by atoms with Crippen molar-refractivity contribution < 1.29 is 4.79 Å². The van der Waals surface area contributed by atoms with E-state index in [2.05, 4.69) is 12.2 Å². The Morgan fingerprint density at radius 2 is 2.15 bits per heavy atom. The van der Waals surface area contributed by atoms with Gasteiger partial charge in [-0.2, -0.15) is 0 Å². The smallest absolute Gasteiger partial charge is 0.235 e. The van der Waals surface area contributed by atoms with Crippen LogP contribution in [0.1, 0.15) is 39.0 Å². The Morgan fingerprint density at radius 1 is 1.46 bits per heavy atom. The van der Waals surface area contributed by atoms with Gasteiger partial charge in [0.2, 0.25) is 5.91 Å². The van der Waals surface area contributed by atoms with E-state index in [0.29, 0.717) is 12.0 Å². The van der Waals surface area contributed by atoms with E-state index in [-0.39, 0.29) is 11.8 Å². The first-order valence-electron chi connectivity index (χ1n) is 5.13. The number of amides is 1. The molecule has 0 saturated heterocycles. The lowest BCUT2D eigenvalue weighted by atomic mass is 9.83. The van der Waals surface area contributed by atoms with E-state index >= 15 is 0 Å². The molecule has 13 heavy (non-hydrogen) atoms. The van der Waals surface area contributed by atoms with Crippen LogP contribution in [0, 0.1) is 5.92 Å². The fourth-order valence-corrected chi connectivity index (χ4v) is 2.21. The van der Waals surface area contributed by atoms with Gasteiger partial charge in [0.1, 0.15) is 5.88 Å². The summed E-state index contributed by atoms with van der Waals surface area (Å²) in [6.07, 6.45) is 6.09.